The number of hydrogen-bond donors (Lipinski definition) is 0. The van der Waals surface area contributed by atoms with E-state index >= 15 is 0 Å². The first-order valence-electron chi connectivity index (χ1n) is 11.0. The summed E-state index contributed by atoms with van der Waals surface area (Å²) < 4.78 is 20.6. The van der Waals surface area contributed by atoms with Gasteiger partial charge in [0.25, 0.3) is 0 Å². The molecule has 1 aliphatic heterocycles. The van der Waals surface area contributed by atoms with Gasteiger partial charge in [0.05, 0.1) is 39.5 Å². The number of methoxy groups -OCH3 is 2. The molecule has 0 aliphatic carbocycles. The van der Waals surface area contributed by atoms with E-state index in [0.29, 0.717) is 37.4 Å². The Balaban J connectivity index is 1.86. The van der Waals surface area contributed by atoms with Crippen molar-refractivity contribution in [1.29, 1.82) is 0 Å². The zero-order chi connectivity index (χ0) is 25.1. The molecule has 0 bridgehead atoms. The second kappa shape index (κ2) is 12.8. The Morgan fingerprint density at radius 2 is 1.82 bits per heavy atom. The van der Waals surface area contributed by atoms with Gasteiger partial charge in [0, 0.05) is 31.3 Å². The molecule has 0 radical (unpaired) electrons. The molecule has 0 N–H and O–H groups in total. The summed E-state index contributed by atoms with van der Waals surface area (Å²) in [5.74, 6) is 5.69. The molecule has 1 aromatic rings. The normalized spacial score (nSPS) is 15.0. The SMILES string of the molecule is COC(=O)CN(CCC#Cc1cncc(OC[C@@H]2CCN2C(=O)OC(C)(C)C)c1)CC(=O)OC. The Labute approximate surface area is 200 Å². The van der Waals surface area contributed by atoms with Gasteiger partial charge >= 0.3 is 18.0 Å². The molecule has 2 heterocycles. The summed E-state index contributed by atoms with van der Waals surface area (Å²) in [6.45, 7) is 6.84. The molecule has 10 heteroatoms. The number of amides is 1. The van der Waals surface area contributed by atoms with Gasteiger partial charge in [0.2, 0.25) is 0 Å². The van der Waals surface area contributed by atoms with Crippen molar-refractivity contribution in [2.24, 2.45) is 0 Å². The van der Waals surface area contributed by atoms with E-state index in [-0.39, 0.29) is 25.2 Å². The van der Waals surface area contributed by atoms with Crippen molar-refractivity contribution in [3.8, 4) is 17.6 Å². The van der Waals surface area contributed by atoms with Crippen LogP contribution in [0.4, 0.5) is 4.79 Å². The number of nitrogens with zero attached hydrogens (tertiary/aromatic N) is 3. The lowest BCUT2D eigenvalue weighted by molar-refractivity contribution is -0.145. The third-order valence-corrected chi connectivity index (χ3v) is 4.87. The second-order valence-electron chi connectivity index (χ2n) is 8.75. The van der Waals surface area contributed by atoms with Crippen LogP contribution in [-0.2, 0) is 23.8 Å². The van der Waals surface area contributed by atoms with E-state index in [0.717, 1.165) is 6.42 Å². The molecule has 0 unspecified atom stereocenters. The van der Waals surface area contributed by atoms with E-state index in [9.17, 15) is 14.4 Å². The van der Waals surface area contributed by atoms with Gasteiger partial charge in [-0.3, -0.25) is 19.5 Å². The first kappa shape index (κ1) is 26.9. The highest BCUT2D eigenvalue weighted by molar-refractivity contribution is 5.74. The molecule has 1 saturated heterocycles. The van der Waals surface area contributed by atoms with Crippen molar-refractivity contribution in [3.05, 3.63) is 24.0 Å². The van der Waals surface area contributed by atoms with Gasteiger partial charge in [-0.15, -0.1) is 0 Å². The Morgan fingerprint density at radius 1 is 1.15 bits per heavy atom. The molecule has 2 rings (SSSR count). The van der Waals surface area contributed by atoms with Crippen molar-refractivity contribution in [2.75, 3.05) is 47.0 Å². The summed E-state index contributed by atoms with van der Waals surface area (Å²) in [7, 11) is 2.58. The quantitative estimate of drug-likeness (QED) is 0.300. The van der Waals surface area contributed by atoms with Crippen molar-refractivity contribution < 1.29 is 33.3 Å². The van der Waals surface area contributed by atoms with Gasteiger partial charge in [-0.1, -0.05) is 11.8 Å². The largest absolute Gasteiger partial charge is 0.490 e. The van der Waals surface area contributed by atoms with Gasteiger partial charge in [0.1, 0.15) is 18.0 Å². The van der Waals surface area contributed by atoms with E-state index in [1.165, 1.54) is 14.2 Å². The number of likely N-dealkylation sites (tertiary alicyclic amines) is 1. The lowest BCUT2D eigenvalue weighted by Gasteiger charge is -2.40. The van der Waals surface area contributed by atoms with Crippen LogP contribution >= 0.6 is 0 Å². The first-order valence-corrected chi connectivity index (χ1v) is 11.0. The fourth-order valence-corrected chi connectivity index (χ4v) is 3.02. The Kier molecular flexibility index (Phi) is 10.1. The molecular formula is C24H33N3O7. The minimum absolute atomic E-state index is 0.0281. The predicted molar refractivity (Wildman–Crippen MR) is 123 cm³/mol. The number of rotatable bonds is 9. The zero-order valence-electron chi connectivity index (χ0n) is 20.5. The van der Waals surface area contributed by atoms with E-state index in [4.69, 9.17) is 9.47 Å². The number of hydrogen-bond acceptors (Lipinski definition) is 9. The Bertz CT molecular complexity index is 899. The summed E-state index contributed by atoms with van der Waals surface area (Å²) in [5.41, 5.74) is 0.132. The van der Waals surface area contributed by atoms with Crippen molar-refractivity contribution in [3.63, 3.8) is 0 Å². The van der Waals surface area contributed by atoms with Crippen LogP contribution in [0.15, 0.2) is 18.5 Å². The average Bonchev–Trinajstić information content (AvgIpc) is 2.74. The molecule has 1 atom stereocenters. The van der Waals surface area contributed by atoms with E-state index in [2.05, 4.69) is 26.3 Å². The third kappa shape index (κ3) is 9.27. The van der Waals surface area contributed by atoms with Crippen LogP contribution in [0.5, 0.6) is 5.75 Å². The van der Waals surface area contributed by atoms with E-state index in [1.54, 1.807) is 28.3 Å². The number of carbonyl (C=O) groups is 3. The van der Waals surface area contributed by atoms with Crippen molar-refractivity contribution >= 4 is 18.0 Å². The summed E-state index contributed by atoms with van der Waals surface area (Å²) in [4.78, 5) is 42.7. The van der Waals surface area contributed by atoms with Crippen LogP contribution in [0.1, 0.15) is 39.2 Å². The minimum atomic E-state index is -0.537. The summed E-state index contributed by atoms with van der Waals surface area (Å²) >= 11 is 0. The van der Waals surface area contributed by atoms with Crippen LogP contribution in [0.25, 0.3) is 0 Å². The molecule has 1 fully saturated rings. The lowest BCUT2D eigenvalue weighted by atomic mass is 10.1. The highest BCUT2D eigenvalue weighted by atomic mass is 16.6. The van der Waals surface area contributed by atoms with Crippen molar-refractivity contribution in [2.45, 2.75) is 45.3 Å². The summed E-state index contributed by atoms with van der Waals surface area (Å²) in [6, 6.07) is 1.73. The second-order valence-corrected chi connectivity index (χ2v) is 8.75. The molecule has 0 spiro atoms. The average molecular weight is 476 g/mol. The van der Waals surface area contributed by atoms with Crippen LogP contribution in [-0.4, -0.2) is 91.5 Å². The van der Waals surface area contributed by atoms with Crippen LogP contribution in [0, 0.1) is 11.8 Å². The maximum Gasteiger partial charge on any atom is 0.410 e. The van der Waals surface area contributed by atoms with Crippen molar-refractivity contribution in [1.82, 2.24) is 14.8 Å². The predicted octanol–water partition coefficient (Wildman–Crippen LogP) is 1.86. The summed E-state index contributed by atoms with van der Waals surface area (Å²) in [5, 5.41) is 0. The molecule has 1 amide bonds. The van der Waals surface area contributed by atoms with Crippen LogP contribution < -0.4 is 4.74 Å². The minimum Gasteiger partial charge on any atom is -0.490 e. The smallest absolute Gasteiger partial charge is 0.410 e. The van der Waals surface area contributed by atoms with Gasteiger partial charge in [-0.25, -0.2) is 4.79 Å². The monoisotopic (exact) mass is 475 g/mol. The molecule has 1 aromatic heterocycles. The Hall–Kier alpha value is -3.32. The first-order chi connectivity index (χ1) is 16.1. The molecule has 0 saturated carbocycles. The number of pyridine rings is 1. The standard InChI is InChI=1S/C24H33N3O7/c1-24(2,3)34-23(30)27-11-9-19(27)17-33-20-12-18(13-25-14-20)8-6-7-10-26(15-21(28)31-4)16-22(29)32-5/h12-14,19H,7,9-11,15-17H2,1-5H3/t19-/m0/s1. The molecule has 0 aromatic carbocycles. The topological polar surface area (TPSA) is 108 Å². The van der Waals surface area contributed by atoms with Crippen LogP contribution in [0.3, 0.4) is 0 Å². The fraction of sp³-hybridized carbons (Fsp3) is 0.583. The van der Waals surface area contributed by atoms with Gasteiger partial charge in [-0.05, 0) is 33.3 Å². The molecule has 1 aliphatic rings. The number of aromatic nitrogens is 1. The van der Waals surface area contributed by atoms with Gasteiger partial charge < -0.3 is 23.8 Å². The highest BCUT2D eigenvalue weighted by Crippen LogP contribution is 2.22. The molecule has 186 valence electrons. The Morgan fingerprint density at radius 3 is 2.38 bits per heavy atom. The van der Waals surface area contributed by atoms with E-state index in [1.807, 2.05) is 20.8 Å². The molecule has 10 nitrogen and oxygen atoms in total. The van der Waals surface area contributed by atoms with E-state index < -0.39 is 17.5 Å². The summed E-state index contributed by atoms with van der Waals surface area (Å²) in [6.07, 6.45) is 4.15. The number of ether oxygens (including phenoxy) is 4. The lowest BCUT2D eigenvalue weighted by Crippen LogP contribution is -2.55. The molecule has 34 heavy (non-hydrogen) atoms. The number of esters is 2. The fourth-order valence-electron chi connectivity index (χ4n) is 3.02. The van der Waals surface area contributed by atoms with Gasteiger partial charge in [0.15, 0.2) is 0 Å². The highest BCUT2D eigenvalue weighted by Gasteiger charge is 2.35. The third-order valence-electron chi connectivity index (χ3n) is 4.87. The maximum absolute atomic E-state index is 12.2. The maximum atomic E-state index is 12.2. The van der Waals surface area contributed by atoms with Gasteiger partial charge in [-0.2, -0.15) is 0 Å². The van der Waals surface area contributed by atoms with Crippen LogP contribution in [0.2, 0.25) is 0 Å². The zero-order valence-corrected chi connectivity index (χ0v) is 20.5. The number of carbonyl (C=O) groups excluding carboxylic acids is 3. The molecular weight excluding hydrogens is 442 g/mol.